The van der Waals surface area contributed by atoms with Crippen LogP contribution < -0.4 is 4.90 Å². The molecule has 0 amide bonds. The number of carbonyl (C=O) groups is 1. The Morgan fingerprint density at radius 3 is 2.32 bits per heavy atom. The summed E-state index contributed by atoms with van der Waals surface area (Å²) in [5.41, 5.74) is 0.979. The quantitative estimate of drug-likeness (QED) is 0.915. The van der Waals surface area contributed by atoms with Gasteiger partial charge in [0.05, 0.1) is 16.3 Å². The van der Waals surface area contributed by atoms with Crippen molar-refractivity contribution in [1.29, 1.82) is 0 Å². The maximum Gasteiger partial charge on any atom is 0.335 e. The number of hydrogen-bond acceptors (Lipinski definition) is 4. The van der Waals surface area contributed by atoms with E-state index in [1.54, 1.807) is 26.4 Å². The summed E-state index contributed by atoms with van der Waals surface area (Å²) in [4.78, 5) is 12.9. The molecule has 0 bridgehead atoms. The number of benzene rings is 1. The topological polar surface area (TPSA) is 59.0 Å². The first-order chi connectivity index (χ1) is 9.06. The summed E-state index contributed by atoms with van der Waals surface area (Å²) in [5, 5.41) is 9.34. The minimum Gasteiger partial charge on any atom is -0.478 e. The van der Waals surface area contributed by atoms with Crippen LogP contribution in [0.2, 0.25) is 5.02 Å². The summed E-state index contributed by atoms with van der Waals surface area (Å²) < 4.78 is 10.7. The molecule has 104 valence electrons. The fraction of sp³-hybridized carbons (Fsp3) is 0.462. The number of methoxy groups -OCH3 is 2. The average Bonchev–Trinajstić information content (AvgIpc) is 2.81. The Morgan fingerprint density at radius 2 is 1.89 bits per heavy atom. The highest BCUT2D eigenvalue weighted by Crippen LogP contribution is 2.31. The number of nitrogens with zero attached hydrogens (tertiary/aromatic N) is 1. The Hall–Kier alpha value is -1.30. The molecule has 0 aromatic heterocycles. The Kier molecular flexibility index (Phi) is 4.29. The zero-order valence-corrected chi connectivity index (χ0v) is 11.6. The van der Waals surface area contributed by atoms with Gasteiger partial charge in [0.15, 0.2) is 0 Å². The first-order valence-electron chi connectivity index (χ1n) is 5.90. The standard InChI is InChI=1S/C13H16ClNO4/c1-18-11-6-15(7-12(11)19-2)10-4-3-8(13(16)17)5-9(10)14/h3-5,11-12H,6-7H2,1-2H3,(H,16,17). The zero-order valence-electron chi connectivity index (χ0n) is 10.8. The molecule has 0 saturated carbocycles. The van der Waals surface area contributed by atoms with Gasteiger partial charge >= 0.3 is 5.97 Å². The molecule has 1 aliphatic heterocycles. The predicted molar refractivity (Wildman–Crippen MR) is 72.2 cm³/mol. The van der Waals surface area contributed by atoms with Gasteiger partial charge in [-0.25, -0.2) is 4.79 Å². The van der Waals surface area contributed by atoms with E-state index in [2.05, 4.69) is 0 Å². The molecule has 2 rings (SSSR count). The highest BCUT2D eigenvalue weighted by atomic mass is 35.5. The van der Waals surface area contributed by atoms with Crippen molar-refractivity contribution < 1.29 is 19.4 Å². The van der Waals surface area contributed by atoms with Gasteiger partial charge in [0.1, 0.15) is 12.2 Å². The summed E-state index contributed by atoms with van der Waals surface area (Å²) in [6.45, 7) is 1.34. The van der Waals surface area contributed by atoms with E-state index < -0.39 is 5.97 Å². The molecule has 6 heteroatoms. The summed E-state index contributed by atoms with van der Waals surface area (Å²) in [6.07, 6.45) is -0.0274. The lowest BCUT2D eigenvalue weighted by atomic mass is 10.2. The molecular weight excluding hydrogens is 270 g/mol. The molecule has 19 heavy (non-hydrogen) atoms. The minimum absolute atomic E-state index is 0.0137. The molecule has 1 aromatic carbocycles. The van der Waals surface area contributed by atoms with E-state index in [0.29, 0.717) is 18.1 Å². The fourth-order valence-corrected chi connectivity index (χ4v) is 2.59. The molecule has 0 aliphatic carbocycles. The van der Waals surface area contributed by atoms with Crippen molar-refractivity contribution in [2.45, 2.75) is 12.2 Å². The number of halogens is 1. The van der Waals surface area contributed by atoms with Gasteiger partial charge in [0.2, 0.25) is 0 Å². The minimum atomic E-state index is -0.987. The Morgan fingerprint density at radius 1 is 1.32 bits per heavy atom. The average molecular weight is 286 g/mol. The third-order valence-electron chi connectivity index (χ3n) is 3.36. The van der Waals surface area contributed by atoms with E-state index in [1.165, 1.54) is 6.07 Å². The summed E-state index contributed by atoms with van der Waals surface area (Å²) in [7, 11) is 3.30. The molecule has 1 aliphatic rings. The number of carboxylic acids is 1. The van der Waals surface area contributed by atoms with Gasteiger partial charge in [-0.3, -0.25) is 0 Å². The van der Waals surface area contributed by atoms with Gasteiger partial charge < -0.3 is 19.5 Å². The third kappa shape index (κ3) is 2.83. The van der Waals surface area contributed by atoms with Crippen LogP contribution in [0.5, 0.6) is 0 Å². The molecule has 0 spiro atoms. The van der Waals surface area contributed by atoms with Gasteiger partial charge in [-0.1, -0.05) is 11.6 Å². The van der Waals surface area contributed by atoms with Crippen molar-refractivity contribution in [3.63, 3.8) is 0 Å². The Bertz CT molecular complexity index is 468. The smallest absolute Gasteiger partial charge is 0.335 e. The molecule has 0 radical (unpaired) electrons. The number of carboxylic acid groups (broad SMARTS) is 1. The maximum atomic E-state index is 10.9. The van der Waals surface area contributed by atoms with Crippen LogP contribution in [0.1, 0.15) is 10.4 Å². The molecular formula is C13H16ClNO4. The second kappa shape index (κ2) is 5.77. The summed E-state index contributed by atoms with van der Waals surface area (Å²) in [6, 6.07) is 4.73. The number of rotatable bonds is 4. The largest absolute Gasteiger partial charge is 0.478 e. The number of anilines is 1. The lowest BCUT2D eigenvalue weighted by molar-refractivity contribution is -0.00461. The van der Waals surface area contributed by atoms with Gasteiger partial charge in [-0.15, -0.1) is 0 Å². The monoisotopic (exact) mass is 285 g/mol. The molecule has 1 fully saturated rings. The number of hydrogen-bond donors (Lipinski definition) is 1. The second-order valence-corrected chi connectivity index (χ2v) is 4.83. The first-order valence-corrected chi connectivity index (χ1v) is 6.28. The first kappa shape index (κ1) is 14.1. The molecule has 2 atom stereocenters. The van der Waals surface area contributed by atoms with Crippen LogP contribution in [-0.2, 0) is 9.47 Å². The van der Waals surface area contributed by atoms with Crippen molar-refractivity contribution >= 4 is 23.3 Å². The summed E-state index contributed by atoms with van der Waals surface area (Å²) in [5.74, 6) is -0.987. The fourth-order valence-electron chi connectivity index (χ4n) is 2.29. The normalized spacial score (nSPS) is 22.8. The van der Waals surface area contributed by atoms with Crippen LogP contribution in [0.15, 0.2) is 18.2 Å². The molecule has 2 unspecified atom stereocenters. The lowest BCUT2D eigenvalue weighted by Gasteiger charge is -2.19. The Labute approximate surface area is 116 Å². The molecule has 5 nitrogen and oxygen atoms in total. The van der Waals surface area contributed by atoms with Crippen molar-refractivity contribution in [2.24, 2.45) is 0 Å². The van der Waals surface area contributed by atoms with E-state index in [-0.39, 0.29) is 17.8 Å². The highest BCUT2D eigenvalue weighted by molar-refractivity contribution is 6.33. The van der Waals surface area contributed by atoms with Crippen LogP contribution in [0, 0.1) is 0 Å². The van der Waals surface area contributed by atoms with Crippen molar-refractivity contribution in [1.82, 2.24) is 0 Å². The van der Waals surface area contributed by atoms with Crippen LogP contribution in [-0.4, -0.2) is 50.6 Å². The van der Waals surface area contributed by atoms with Gasteiger partial charge in [0, 0.05) is 27.3 Å². The highest BCUT2D eigenvalue weighted by Gasteiger charge is 2.33. The maximum absolute atomic E-state index is 10.9. The van der Waals surface area contributed by atoms with Crippen LogP contribution >= 0.6 is 11.6 Å². The van der Waals surface area contributed by atoms with Crippen LogP contribution in [0.25, 0.3) is 0 Å². The van der Waals surface area contributed by atoms with Gasteiger partial charge in [-0.05, 0) is 18.2 Å². The van der Waals surface area contributed by atoms with Crippen molar-refractivity contribution in [3.05, 3.63) is 28.8 Å². The third-order valence-corrected chi connectivity index (χ3v) is 3.66. The number of ether oxygens (including phenoxy) is 2. The molecule has 1 N–H and O–H groups in total. The van der Waals surface area contributed by atoms with E-state index >= 15 is 0 Å². The van der Waals surface area contributed by atoms with E-state index in [4.69, 9.17) is 26.2 Å². The summed E-state index contributed by atoms with van der Waals surface area (Å²) >= 11 is 6.15. The lowest BCUT2D eigenvalue weighted by Crippen LogP contribution is -2.27. The van der Waals surface area contributed by atoms with Crippen molar-refractivity contribution in [3.8, 4) is 0 Å². The van der Waals surface area contributed by atoms with Crippen LogP contribution in [0.3, 0.4) is 0 Å². The zero-order chi connectivity index (χ0) is 14.0. The predicted octanol–water partition coefficient (Wildman–Crippen LogP) is 1.89. The van der Waals surface area contributed by atoms with E-state index in [1.807, 2.05) is 4.90 Å². The number of aromatic carboxylic acids is 1. The van der Waals surface area contributed by atoms with Gasteiger partial charge in [0.25, 0.3) is 0 Å². The second-order valence-electron chi connectivity index (χ2n) is 4.42. The SMILES string of the molecule is COC1CN(c2ccc(C(=O)O)cc2Cl)CC1OC. The van der Waals surface area contributed by atoms with E-state index in [9.17, 15) is 4.79 Å². The Balaban J connectivity index is 2.21. The molecule has 1 saturated heterocycles. The molecule has 1 aromatic rings. The van der Waals surface area contributed by atoms with Gasteiger partial charge in [-0.2, -0.15) is 0 Å². The van der Waals surface area contributed by atoms with Crippen molar-refractivity contribution in [2.75, 3.05) is 32.2 Å². The van der Waals surface area contributed by atoms with E-state index in [0.717, 1.165) is 5.69 Å². The molecule has 1 heterocycles. The van der Waals surface area contributed by atoms with Crippen LogP contribution in [0.4, 0.5) is 5.69 Å².